The standard InChI is InChI=1S/C13H10Cl2N4O/c14-10-5-4-9(7-17-10)8-19-6-2-1-3-11(19)18-13(20)12(15)16/h1-7,16H,8H2. The number of rotatable bonds is 3. The molecule has 0 aliphatic rings. The lowest BCUT2D eigenvalue weighted by Gasteiger charge is -2.06. The molecule has 2 rings (SSSR count). The molecular weight excluding hydrogens is 299 g/mol. The van der Waals surface area contributed by atoms with Crippen molar-refractivity contribution in [1.82, 2.24) is 9.55 Å². The van der Waals surface area contributed by atoms with Crippen molar-refractivity contribution in [1.29, 1.82) is 5.41 Å². The predicted octanol–water partition coefficient (Wildman–Crippen LogP) is 2.23. The van der Waals surface area contributed by atoms with E-state index in [1.165, 1.54) is 0 Å². The number of amides is 1. The second kappa shape index (κ2) is 6.45. The Labute approximate surface area is 125 Å². The number of hydrogen-bond acceptors (Lipinski definition) is 3. The number of nitrogens with one attached hydrogen (secondary N) is 1. The van der Waals surface area contributed by atoms with Crippen LogP contribution in [0.4, 0.5) is 0 Å². The van der Waals surface area contributed by atoms with Crippen LogP contribution in [-0.2, 0) is 11.3 Å². The van der Waals surface area contributed by atoms with Crippen LogP contribution in [0.1, 0.15) is 5.56 Å². The Bertz CT molecular complexity index is 707. The number of nitrogens with zero attached hydrogens (tertiary/aromatic N) is 3. The van der Waals surface area contributed by atoms with Gasteiger partial charge >= 0.3 is 5.91 Å². The minimum atomic E-state index is -0.777. The van der Waals surface area contributed by atoms with Crippen molar-refractivity contribution < 1.29 is 4.79 Å². The third kappa shape index (κ3) is 3.76. The van der Waals surface area contributed by atoms with E-state index in [1.807, 2.05) is 12.1 Å². The van der Waals surface area contributed by atoms with Gasteiger partial charge in [-0.1, -0.05) is 35.3 Å². The first-order valence-electron chi connectivity index (χ1n) is 5.65. The molecule has 0 atom stereocenters. The van der Waals surface area contributed by atoms with E-state index in [1.54, 1.807) is 35.2 Å². The Hall–Kier alpha value is -1.98. The molecule has 7 heteroatoms. The lowest BCUT2D eigenvalue weighted by molar-refractivity contribution is -0.111. The number of halogens is 2. The summed E-state index contributed by atoms with van der Waals surface area (Å²) < 4.78 is 1.75. The smallest absolute Gasteiger partial charge is 0.308 e. The highest BCUT2D eigenvalue weighted by Crippen LogP contribution is 2.06. The highest BCUT2D eigenvalue weighted by molar-refractivity contribution is 6.82. The molecule has 1 N–H and O–H groups in total. The maximum atomic E-state index is 11.4. The first kappa shape index (κ1) is 14.4. The van der Waals surface area contributed by atoms with Gasteiger partial charge in [-0.2, -0.15) is 4.99 Å². The molecule has 2 aromatic heterocycles. The highest BCUT2D eigenvalue weighted by atomic mass is 35.5. The largest absolute Gasteiger partial charge is 0.328 e. The van der Waals surface area contributed by atoms with E-state index < -0.39 is 11.1 Å². The Kier molecular flexibility index (Phi) is 4.65. The fraction of sp³-hybridized carbons (Fsp3) is 0.0769. The number of aromatic nitrogens is 2. The maximum absolute atomic E-state index is 11.4. The van der Waals surface area contributed by atoms with Gasteiger partial charge < -0.3 is 4.57 Å². The molecule has 2 aromatic rings. The van der Waals surface area contributed by atoms with E-state index >= 15 is 0 Å². The molecule has 0 aliphatic heterocycles. The fourth-order valence-electron chi connectivity index (χ4n) is 1.55. The van der Waals surface area contributed by atoms with Gasteiger partial charge in [-0.05, 0) is 23.8 Å². The molecule has 0 bridgehead atoms. The highest BCUT2D eigenvalue weighted by Gasteiger charge is 2.04. The molecule has 0 aliphatic carbocycles. The van der Waals surface area contributed by atoms with Crippen LogP contribution in [0.25, 0.3) is 0 Å². The summed E-state index contributed by atoms with van der Waals surface area (Å²) in [5.74, 6) is -0.777. The van der Waals surface area contributed by atoms with Crippen molar-refractivity contribution >= 4 is 34.3 Å². The third-order valence-electron chi connectivity index (χ3n) is 2.46. The summed E-state index contributed by atoms with van der Waals surface area (Å²) in [6.45, 7) is 0.479. The summed E-state index contributed by atoms with van der Waals surface area (Å²) in [4.78, 5) is 19.2. The average molecular weight is 309 g/mol. The molecule has 2 heterocycles. The first-order valence-corrected chi connectivity index (χ1v) is 6.41. The van der Waals surface area contributed by atoms with Crippen LogP contribution in [0.15, 0.2) is 47.7 Å². The van der Waals surface area contributed by atoms with Gasteiger partial charge in [0.15, 0.2) is 5.17 Å². The van der Waals surface area contributed by atoms with Gasteiger partial charge in [0.1, 0.15) is 10.6 Å². The topological polar surface area (TPSA) is 71.1 Å². The molecule has 0 fully saturated rings. The molecular formula is C13H10Cl2N4O. The van der Waals surface area contributed by atoms with Crippen molar-refractivity contribution in [3.8, 4) is 0 Å². The Morgan fingerprint density at radius 1 is 1.35 bits per heavy atom. The van der Waals surface area contributed by atoms with Gasteiger partial charge in [-0.25, -0.2) is 4.98 Å². The van der Waals surface area contributed by atoms with Crippen LogP contribution >= 0.6 is 23.2 Å². The zero-order valence-corrected chi connectivity index (χ0v) is 11.8. The van der Waals surface area contributed by atoms with Crippen molar-refractivity contribution in [2.75, 3.05) is 0 Å². The van der Waals surface area contributed by atoms with Crippen LogP contribution < -0.4 is 5.49 Å². The van der Waals surface area contributed by atoms with Crippen molar-refractivity contribution in [3.63, 3.8) is 0 Å². The van der Waals surface area contributed by atoms with Crippen LogP contribution in [0.5, 0.6) is 0 Å². The van der Waals surface area contributed by atoms with E-state index in [-0.39, 0.29) is 0 Å². The summed E-state index contributed by atoms with van der Waals surface area (Å²) in [5.41, 5.74) is 1.33. The van der Waals surface area contributed by atoms with Gasteiger partial charge in [0.05, 0.1) is 6.54 Å². The van der Waals surface area contributed by atoms with Gasteiger partial charge in [0, 0.05) is 12.4 Å². The predicted molar refractivity (Wildman–Crippen MR) is 76.9 cm³/mol. The lowest BCUT2D eigenvalue weighted by Crippen LogP contribution is -2.23. The van der Waals surface area contributed by atoms with E-state index in [0.29, 0.717) is 17.2 Å². The summed E-state index contributed by atoms with van der Waals surface area (Å²) in [6.07, 6.45) is 3.43. The average Bonchev–Trinajstić information content (AvgIpc) is 2.43. The number of carbonyl (C=O) groups is 1. The van der Waals surface area contributed by atoms with Crippen molar-refractivity contribution in [2.24, 2.45) is 4.99 Å². The van der Waals surface area contributed by atoms with E-state index in [2.05, 4.69) is 9.98 Å². The maximum Gasteiger partial charge on any atom is 0.308 e. The van der Waals surface area contributed by atoms with E-state index in [4.69, 9.17) is 28.6 Å². The Morgan fingerprint density at radius 3 is 2.80 bits per heavy atom. The molecule has 0 radical (unpaired) electrons. The van der Waals surface area contributed by atoms with Gasteiger partial charge in [0.25, 0.3) is 0 Å². The lowest BCUT2D eigenvalue weighted by atomic mass is 10.3. The van der Waals surface area contributed by atoms with Crippen LogP contribution in [-0.4, -0.2) is 20.6 Å². The second-order valence-corrected chi connectivity index (χ2v) is 4.67. The summed E-state index contributed by atoms with van der Waals surface area (Å²) >= 11 is 11.0. The molecule has 0 saturated heterocycles. The van der Waals surface area contributed by atoms with Gasteiger partial charge in [-0.15, -0.1) is 0 Å². The SMILES string of the molecule is N=C(Cl)C(=O)N=c1ccccn1Cc1ccc(Cl)nc1. The molecule has 1 amide bonds. The second-order valence-electron chi connectivity index (χ2n) is 3.91. The zero-order chi connectivity index (χ0) is 14.5. The number of carbonyl (C=O) groups excluding carboxylic acids is 1. The molecule has 0 spiro atoms. The minimum Gasteiger partial charge on any atom is -0.328 e. The third-order valence-corrected chi connectivity index (χ3v) is 2.85. The Morgan fingerprint density at radius 2 is 2.15 bits per heavy atom. The van der Waals surface area contributed by atoms with Crippen LogP contribution in [0.3, 0.4) is 0 Å². The summed E-state index contributed by atoms with van der Waals surface area (Å²) in [6, 6.07) is 8.77. The fourth-order valence-corrected chi connectivity index (χ4v) is 1.71. The molecule has 5 nitrogen and oxygen atoms in total. The van der Waals surface area contributed by atoms with Gasteiger partial charge in [0.2, 0.25) is 0 Å². The van der Waals surface area contributed by atoms with Crippen molar-refractivity contribution in [2.45, 2.75) is 6.54 Å². The van der Waals surface area contributed by atoms with Gasteiger partial charge in [-0.3, -0.25) is 10.2 Å². The van der Waals surface area contributed by atoms with Crippen molar-refractivity contribution in [3.05, 3.63) is 58.9 Å². The minimum absolute atomic E-state index is 0.415. The summed E-state index contributed by atoms with van der Waals surface area (Å²) in [5, 5.41) is 6.85. The van der Waals surface area contributed by atoms with E-state index in [0.717, 1.165) is 5.56 Å². The van der Waals surface area contributed by atoms with Crippen LogP contribution in [0, 0.1) is 5.41 Å². The summed E-state index contributed by atoms with van der Waals surface area (Å²) in [7, 11) is 0. The molecule has 102 valence electrons. The first-order chi connectivity index (χ1) is 9.56. The van der Waals surface area contributed by atoms with E-state index in [9.17, 15) is 4.79 Å². The molecule has 0 aromatic carbocycles. The Balaban J connectivity index is 2.35. The van der Waals surface area contributed by atoms with Crippen LogP contribution in [0.2, 0.25) is 5.15 Å². The number of hydrogen-bond donors (Lipinski definition) is 1. The normalized spacial score (nSPS) is 11.4. The number of pyridine rings is 2. The molecule has 20 heavy (non-hydrogen) atoms. The quantitative estimate of drug-likeness (QED) is 0.697. The monoisotopic (exact) mass is 308 g/mol. The molecule has 0 saturated carbocycles. The molecule has 0 unspecified atom stereocenters. The zero-order valence-electron chi connectivity index (χ0n) is 10.3.